The molecule has 25 nitrogen and oxygen atoms in total. The van der Waals surface area contributed by atoms with Gasteiger partial charge in [-0.05, 0) is 6.42 Å². The predicted molar refractivity (Wildman–Crippen MR) is 161 cm³/mol. The lowest BCUT2D eigenvalue weighted by Gasteiger charge is -2.28. The second-order valence-corrected chi connectivity index (χ2v) is 14.9. The summed E-state index contributed by atoms with van der Waals surface area (Å²) in [7, 11) is -13.9. The van der Waals surface area contributed by atoms with Crippen molar-refractivity contribution in [1.29, 1.82) is 0 Å². The molecule has 3 aliphatic heterocycles. The third kappa shape index (κ3) is 9.76. The van der Waals surface area contributed by atoms with Gasteiger partial charge in [0.05, 0.1) is 19.5 Å². The fourth-order valence-corrected chi connectivity index (χ4v) is 6.77. The van der Waals surface area contributed by atoms with Gasteiger partial charge in [0, 0.05) is 25.1 Å². The number of nitrogens with zero attached hydrogens (tertiary/aromatic N) is 5. The van der Waals surface area contributed by atoms with Crippen LogP contribution in [-0.4, -0.2) is 134 Å². The van der Waals surface area contributed by atoms with Crippen LogP contribution in [-0.2, 0) is 45.8 Å². The lowest BCUT2D eigenvalue weighted by atomic mass is 10.1. The molecule has 280 valence electrons. The molecule has 10 atom stereocenters. The van der Waals surface area contributed by atoms with Crippen molar-refractivity contribution in [1.82, 2.24) is 24.4 Å². The number of hydrogen-bond donors (Lipinski definition) is 10. The number of aromatic nitrogens is 4. The van der Waals surface area contributed by atoms with Gasteiger partial charge in [0.25, 0.3) is 0 Å². The number of amides is 1. The van der Waals surface area contributed by atoms with E-state index >= 15 is 0 Å². The molecule has 0 aliphatic carbocycles. The van der Waals surface area contributed by atoms with Crippen molar-refractivity contribution in [2.24, 2.45) is 5.73 Å². The Morgan fingerprint density at radius 3 is 2.00 bits per heavy atom. The van der Waals surface area contributed by atoms with Crippen molar-refractivity contribution < 1.29 is 85.8 Å². The second-order valence-electron chi connectivity index (χ2n) is 10.5. The van der Waals surface area contributed by atoms with E-state index < -0.39 is 91.7 Å². The number of carbonyl (C=O) groups is 1. The number of imidazole rings is 1. The molecule has 3 aliphatic rings. The second kappa shape index (κ2) is 15.9. The van der Waals surface area contributed by atoms with Crippen LogP contribution in [0.1, 0.15) is 12.6 Å². The highest BCUT2D eigenvalue weighted by Crippen LogP contribution is 2.60. The molecule has 2 aromatic rings. The van der Waals surface area contributed by atoms with Crippen LogP contribution in [0.4, 0.5) is 5.82 Å². The molecule has 1 amide bonds. The van der Waals surface area contributed by atoms with Crippen molar-refractivity contribution >= 4 is 46.4 Å². The number of carbonyl (C=O) groups excluding carboxylic acids is 1. The number of nitrogen functional groups attached to an aromatic ring is 1. The number of aliphatic hydroxyl groups excluding tert-OH is 4. The highest BCUT2D eigenvalue weighted by molar-refractivity contribution is 7.61. The Morgan fingerprint density at radius 1 is 0.920 bits per heavy atom. The number of allylic oxidation sites excluding steroid dienone is 1. The van der Waals surface area contributed by atoms with Crippen molar-refractivity contribution in [3.63, 3.8) is 0 Å². The maximum absolute atomic E-state index is 12.4. The Hall–Kier alpha value is -2.77. The molecule has 2 saturated heterocycles. The molecule has 5 heterocycles. The minimum absolute atomic E-state index is 0.0517. The topological polar surface area (TPSA) is 384 Å². The first-order valence-electron chi connectivity index (χ1n) is 13.9. The van der Waals surface area contributed by atoms with Crippen molar-refractivity contribution in [3.05, 3.63) is 36.7 Å². The van der Waals surface area contributed by atoms with Crippen LogP contribution in [0.5, 0.6) is 0 Å². The maximum atomic E-state index is 12.4. The Morgan fingerprint density at radius 2 is 1.46 bits per heavy atom. The highest BCUT2D eigenvalue weighted by atomic mass is 31.3. The van der Waals surface area contributed by atoms with Crippen LogP contribution >= 0.6 is 23.5 Å². The largest absolute Gasteiger partial charge is 0.481 e. The van der Waals surface area contributed by atoms with Crippen LogP contribution in [0.25, 0.3) is 11.2 Å². The number of rotatable bonds is 12. The third-order valence-corrected chi connectivity index (χ3v) is 10.2. The lowest BCUT2D eigenvalue weighted by Crippen LogP contribution is -2.40. The Balaban J connectivity index is 0.000000860. The summed E-state index contributed by atoms with van der Waals surface area (Å²) in [5.41, 5.74) is 11.6. The molecule has 0 radical (unpaired) electrons. The van der Waals surface area contributed by atoms with Gasteiger partial charge in [-0.1, -0.05) is 6.08 Å². The minimum atomic E-state index is -5.37. The van der Waals surface area contributed by atoms with E-state index in [1.54, 1.807) is 6.08 Å². The molecule has 10 unspecified atom stereocenters. The molecular formula is C22H34N7O18P3. The summed E-state index contributed by atoms with van der Waals surface area (Å²) in [5, 5.41) is 41.6. The van der Waals surface area contributed by atoms with Gasteiger partial charge in [-0.25, -0.2) is 28.6 Å². The normalized spacial score (nSPS) is 30.7. The van der Waals surface area contributed by atoms with E-state index in [0.717, 1.165) is 13.4 Å². The number of hydrogen-bond acceptors (Lipinski definition) is 19. The molecule has 0 spiro atoms. The minimum Gasteiger partial charge on any atom is -0.387 e. The monoisotopic (exact) mass is 777 g/mol. The average molecular weight is 777 g/mol. The zero-order valence-corrected chi connectivity index (χ0v) is 28.2. The smallest absolute Gasteiger partial charge is 0.387 e. The number of primary amides is 1. The summed E-state index contributed by atoms with van der Waals surface area (Å²) in [6, 6.07) is 0. The van der Waals surface area contributed by atoms with Crippen LogP contribution in [0.2, 0.25) is 0 Å². The molecule has 50 heavy (non-hydrogen) atoms. The third-order valence-electron chi connectivity index (χ3n) is 7.11. The summed E-state index contributed by atoms with van der Waals surface area (Å²) in [6.07, 6.45) is -4.88. The molecule has 28 heteroatoms. The van der Waals surface area contributed by atoms with E-state index in [4.69, 9.17) is 39.8 Å². The van der Waals surface area contributed by atoms with Gasteiger partial charge in [-0.3, -0.25) is 22.9 Å². The van der Waals surface area contributed by atoms with E-state index in [1.165, 1.54) is 28.2 Å². The van der Waals surface area contributed by atoms with Gasteiger partial charge >= 0.3 is 23.5 Å². The summed E-state index contributed by atoms with van der Waals surface area (Å²) in [4.78, 5) is 60.1. The standard InChI is InChI=1S/C21H29N7O14P2.CH5O4P/c22-17-12-19(25-7-24-17)28(8-26-12)21-16(32)14(30)11(41-21)6-39-44(36,37)42-43(34,35)38-5-10-13(29)15(31)20(40-10)27-3-1-2-9(4-27)18(23)33;1-5-6(2,3)4/h1,3-4,7-8,10-11,13-16,20-21,29-32H,2,5-6H2,(H2,23,33)(H,34,35)(H,36,37)(H2,22,24,25);1H3,(H2,2,3,4). The zero-order valence-electron chi connectivity index (χ0n) is 25.5. The number of ether oxygens (including phenoxy) is 2. The van der Waals surface area contributed by atoms with Crippen molar-refractivity contribution in [3.8, 4) is 0 Å². The summed E-state index contributed by atoms with van der Waals surface area (Å²) >= 11 is 0. The van der Waals surface area contributed by atoms with E-state index in [1.807, 2.05) is 0 Å². The molecule has 0 bridgehead atoms. The van der Waals surface area contributed by atoms with Crippen LogP contribution in [0.15, 0.2) is 36.7 Å². The van der Waals surface area contributed by atoms with Gasteiger partial charge in [0.15, 0.2) is 23.9 Å². The summed E-state index contributed by atoms with van der Waals surface area (Å²) in [5.74, 6) is -0.658. The first-order chi connectivity index (χ1) is 23.2. The van der Waals surface area contributed by atoms with E-state index in [-0.39, 0.29) is 29.0 Å². The number of anilines is 1. The molecular weight excluding hydrogens is 743 g/mol. The van der Waals surface area contributed by atoms with E-state index in [9.17, 15) is 48.7 Å². The molecule has 0 saturated carbocycles. The first-order valence-corrected chi connectivity index (χ1v) is 18.4. The molecule has 0 aromatic carbocycles. The number of nitrogens with two attached hydrogens (primary N) is 2. The van der Waals surface area contributed by atoms with Gasteiger partial charge in [-0.2, -0.15) is 4.31 Å². The fourth-order valence-electron chi connectivity index (χ4n) is 4.68. The number of phosphoric acid groups is 3. The van der Waals surface area contributed by atoms with Crippen LogP contribution in [0.3, 0.4) is 0 Å². The van der Waals surface area contributed by atoms with Crippen LogP contribution in [0, 0.1) is 0 Å². The molecule has 2 aromatic heterocycles. The maximum Gasteiger partial charge on any atom is 0.481 e. The lowest BCUT2D eigenvalue weighted by molar-refractivity contribution is -0.115. The van der Waals surface area contributed by atoms with E-state index in [2.05, 4.69) is 23.8 Å². The fraction of sp³-hybridized carbons (Fsp3) is 0.545. The van der Waals surface area contributed by atoms with Gasteiger partial charge in [0.1, 0.15) is 48.5 Å². The quantitative estimate of drug-likeness (QED) is 0.0962. The predicted octanol–water partition coefficient (Wildman–Crippen LogP) is -2.96. The number of aliphatic hydroxyl groups is 4. The SMILES string of the molecule is COP(=O)(O)O.NC(=O)C1=CN(C2OC(COP(=O)(O)OP(=O)(O)OCC3OC(n4cnc5c(N)ncnc54)C(O)C3O)C(O)C2O)C=CC1. The molecule has 12 N–H and O–H groups in total. The van der Waals surface area contributed by atoms with Gasteiger partial charge < -0.3 is 65.8 Å². The first kappa shape index (κ1) is 40.0. The van der Waals surface area contributed by atoms with Crippen molar-refractivity contribution in [2.45, 2.75) is 55.5 Å². The Labute approximate surface area is 280 Å². The van der Waals surface area contributed by atoms with Gasteiger partial charge in [0.2, 0.25) is 5.91 Å². The van der Waals surface area contributed by atoms with Crippen molar-refractivity contribution in [2.75, 3.05) is 26.1 Å². The highest BCUT2D eigenvalue weighted by Gasteiger charge is 2.48. The Bertz CT molecular complexity index is 1740. The molecule has 2 fully saturated rings. The zero-order chi connectivity index (χ0) is 37.2. The Kier molecular flexibility index (Phi) is 12.7. The molecule has 5 rings (SSSR count). The average Bonchev–Trinajstić information content (AvgIpc) is 3.69. The van der Waals surface area contributed by atoms with Gasteiger partial charge in [-0.15, -0.1) is 0 Å². The summed E-state index contributed by atoms with van der Waals surface area (Å²) in [6.45, 7) is -1.79. The number of phosphoric ester groups is 3. The summed E-state index contributed by atoms with van der Waals surface area (Å²) < 4.78 is 63.9. The number of fused-ring (bicyclic) bond motifs is 1. The van der Waals surface area contributed by atoms with E-state index in [0.29, 0.717) is 0 Å². The van der Waals surface area contributed by atoms with Crippen LogP contribution < -0.4 is 11.5 Å².